The van der Waals surface area contributed by atoms with Crippen molar-refractivity contribution >= 4 is 5.78 Å². The first-order chi connectivity index (χ1) is 7.13. The summed E-state index contributed by atoms with van der Waals surface area (Å²) in [5.74, 6) is 0.352. The van der Waals surface area contributed by atoms with E-state index in [-0.39, 0.29) is 5.78 Å². The van der Waals surface area contributed by atoms with Gasteiger partial charge >= 0.3 is 0 Å². The number of benzene rings is 1. The molecule has 0 aliphatic carbocycles. The minimum atomic E-state index is -1.07. The summed E-state index contributed by atoms with van der Waals surface area (Å²) in [5.41, 5.74) is 0.494. The largest absolute Gasteiger partial charge is 0.497 e. The number of fused-ring (bicyclic) bond motifs is 1. The van der Waals surface area contributed by atoms with Gasteiger partial charge in [-0.25, -0.2) is 0 Å². The lowest BCUT2D eigenvalue weighted by Gasteiger charge is -2.26. The summed E-state index contributed by atoms with van der Waals surface area (Å²) in [4.78, 5) is 11.7. The fourth-order valence-corrected chi connectivity index (χ4v) is 1.54. The molecule has 1 N–H and O–H groups in total. The first kappa shape index (κ1) is 9.98. The van der Waals surface area contributed by atoms with Gasteiger partial charge in [-0.05, 0) is 19.1 Å². The number of rotatable bonds is 1. The number of ether oxygens (including phenoxy) is 2. The number of Topliss-reactive ketones (excluding diaryl/α,β-unsaturated/α-hetero) is 1. The highest BCUT2D eigenvalue weighted by Crippen LogP contribution is 2.32. The van der Waals surface area contributed by atoms with Crippen LogP contribution in [0.25, 0.3) is 0 Å². The Balaban J connectivity index is 2.46. The van der Waals surface area contributed by atoms with Crippen molar-refractivity contribution in [2.45, 2.75) is 13.2 Å². The molecule has 1 aromatic rings. The third-order valence-corrected chi connectivity index (χ3v) is 2.54. The smallest absolute Gasteiger partial charge is 0.207 e. The number of aliphatic hydroxyl groups is 1. The van der Waals surface area contributed by atoms with Crippen molar-refractivity contribution in [3.63, 3.8) is 0 Å². The number of hydrogen-bond donors (Lipinski definition) is 1. The first-order valence-corrected chi connectivity index (χ1v) is 4.70. The Morgan fingerprint density at radius 2 is 2.20 bits per heavy atom. The molecule has 0 fully saturated rings. The zero-order valence-corrected chi connectivity index (χ0v) is 8.56. The zero-order chi connectivity index (χ0) is 11.0. The lowest BCUT2D eigenvalue weighted by molar-refractivity contribution is -0.0545. The van der Waals surface area contributed by atoms with Gasteiger partial charge in [-0.2, -0.15) is 0 Å². The maximum Gasteiger partial charge on any atom is 0.207 e. The molecule has 15 heavy (non-hydrogen) atoms. The Morgan fingerprint density at radius 1 is 1.47 bits per heavy atom. The van der Waals surface area contributed by atoms with E-state index in [1.54, 1.807) is 25.1 Å². The van der Waals surface area contributed by atoms with E-state index in [2.05, 4.69) is 0 Å². The highest BCUT2D eigenvalue weighted by Gasteiger charge is 2.32. The average Bonchev–Trinajstić information content (AvgIpc) is 2.25. The third kappa shape index (κ3) is 1.57. The molecular weight excluding hydrogens is 196 g/mol. The summed E-state index contributed by atoms with van der Waals surface area (Å²) in [6.07, 6.45) is -1.07. The van der Waals surface area contributed by atoms with Crippen molar-refractivity contribution in [1.29, 1.82) is 0 Å². The zero-order valence-electron chi connectivity index (χ0n) is 8.56. The number of carbonyl (C=O) groups is 1. The summed E-state index contributed by atoms with van der Waals surface area (Å²) in [6, 6.07) is 4.95. The van der Waals surface area contributed by atoms with Gasteiger partial charge in [0.25, 0.3) is 0 Å². The van der Waals surface area contributed by atoms with Gasteiger partial charge in [-0.3, -0.25) is 4.79 Å². The van der Waals surface area contributed by atoms with Gasteiger partial charge in [0.2, 0.25) is 6.29 Å². The van der Waals surface area contributed by atoms with Crippen LogP contribution in [0.15, 0.2) is 18.2 Å². The van der Waals surface area contributed by atoms with Gasteiger partial charge < -0.3 is 14.6 Å². The number of methoxy groups -OCH3 is 1. The van der Waals surface area contributed by atoms with Crippen LogP contribution in [0, 0.1) is 5.92 Å². The Morgan fingerprint density at radius 3 is 2.87 bits per heavy atom. The molecule has 2 rings (SSSR count). The van der Waals surface area contributed by atoms with Crippen molar-refractivity contribution in [2.75, 3.05) is 7.11 Å². The van der Waals surface area contributed by atoms with Gasteiger partial charge in [-0.15, -0.1) is 0 Å². The average molecular weight is 208 g/mol. The lowest BCUT2D eigenvalue weighted by atomic mass is 9.95. The molecule has 80 valence electrons. The van der Waals surface area contributed by atoms with E-state index in [0.29, 0.717) is 17.1 Å². The molecule has 1 aliphatic heterocycles. The molecule has 0 bridgehead atoms. The monoisotopic (exact) mass is 208 g/mol. The normalized spacial score (nSPS) is 24.3. The van der Waals surface area contributed by atoms with Crippen molar-refractivity contribution in [3.05, 3.63) is 23.8 Å². The number of hydrogen-bond acceptors (Lipinski definition) is 4. The Hall–Kier alpha value is -1.55. The van der Waals surface area contributed by atoms with Crippen LogP contribution < -0.4 is 9.47 Å². The van der Waals surface area contributed by atoms with Crippen LogP contribution in [0.2, 0.25) is 0 Å². The van der Waals surface area contributed by atoms with E-state index < -0.39 is 12.2 Å². The summed E-state index contributed by atoms with van der Waals surface area (Å²) in [6.45, 7) is 1.64. The molecule has 1 aromatic carbocycles. The quantitative estimate of drug-likeness (QED) is 0.754. The van der Waals surface area contributed by atoms with Crippen LogP contribution in [0.4, 0.5) is 0 Å². The highest BCUT2D eigenvalue weighted by molar-refractivity contribution is 6.01. The van der Waals surface area contributed by atoms with E-state index in [0.717, 1.165) is 0 Å². The number of carbonyl (C=O) groups excluding carboxylic acids is 1. The maximum absolute atomic E-state index is 11.7. The van der Waals surface area contributed by atoms with Crippen LogP contribution in [0.5, 0.6) is 11.5 Å². The Kier molecular flexibility index (Phi) is 2.36. The van der Waals surface area contributed by atoms with Gasteiger partial charge in [0.15, 0.2) is 5.78 Å². The standard InChI is InChI=1S/C11H12O4/c1-6-10(12)8-4-3-7(14-2)5-9(8)15-11(6)13/h3-6,11,13H,1-2H3. The lowest BCUT2D eigenvalue weighted by Crippen LogP contribution is -2.35. The molecule has 0 radical (unpaired) electrons. The molecule has 2 unspecified atom stereocenters. The molecule has 2 atom stereocenters. The fraction of sp³-hybridized carbons (Fsp3) is 0.364. The predicted octanol–water partition coefficient (Wildman–Crippen LogP) is 1.22. The van der Waals surface area contributed by atoms with Crippen molar-refractivity contribution in [3.8, 4) is 11.5 Å². The molecule has 0 spiro atoms. The van der Waals surface area contributed by atoms with Crippen LogP contribution in [-0.2, 0) is 0 Å². The Labute approximate surface area is 87.4 Å². The molecular formula is C11H12O4. The van der Waals surface area contributed by atoms with Crippen LogP contribution in [-0.4, -0.2) is 24.3 Å². The second-order valence-electron chi connectivity index (χ2n) is 3.52. The minimum Gasteiger partial charge on any atom is -0.497 e. The topological polar surface area (TPSA) is 55.8 Å². The minimum absolute atomic E-state index is 0.105. The predicted molar refractivity (Wildman–Crippen MR) is 53.1 cm³/mol. The van der Waals surface area contributed by atoms with E-state index >= 15 is 0 Å². The van der Waals surface area contributed by atoms with E-state index in [9.17, 15) is 9.90 Å². The van der Waals surface area contributed by atoms with Gasteiger partial charge in [0.05, 0.1) is 18.6 Å². The molecule has 0 aromatic heterocycles. The van der Waals surface area contributed by atoms with Crippen LogP contribution in [0.1, 0.15) is 17.3 Å². The summed E-state index contributed by atoms with van der Waals surface area (Å²) < 4.78 is 10.2. The van der Waals surface area contributed by atoms with Crippen molar-refractivity contribution < 1.29 is 19.4 Å². The summed E-state index contributed by atoms with van der Waals surface area (Å²) in [7, 11) is 1.53. The van der Waals surface area contributed by atoms with Crippen LogP contribution >= 0.6 is 0 Å². The second kappa shape index (κ2) is 3.55. The van der Waals surface area contributed by atoms with Gasteiger partial charge in [0, 0.05) is 6.07 Å². The van der Waals surface area contributed by atoms with E-state index in [4.69, 9.17) is 9.47 Å². The third-order valence-electron chi connectivity index (χ3n) is 2.54. The Bertz CT molecular complexity index is 400. The molecule has 0 amide bonds. The molecule has 1 aliphatic rings. The molecule has 0 saturated carbocycles. The second-order valence-corrected chi connectivity index (χ2v) is 3.52. The molecule has 4 nitrogen and oxygen atoms in total. The van der Waals surface area contributed by atoms with Crippen LogP contribution in [0.3, 0.4) is 0 Å². The van der Waals surface area contributed by atoms with Crippen molar-refractivity contribution in [1.82, 2.24) is 0 Å². The fourth-order valence-electron chi connectivity index (χ4n) is 1.54. The summed E-state index contributed by atoms with van der Waals surface area (Å²) >= 11 is 0. The molecule has 0 saturated heterocycles. The van der Waals surface area contributed by atoms with E-state index in [1.807, 2.05) is 0 Å². The SMILES string of the molecule is COc1ccc2c(c1)OC(O)C(C)C2=O. The van der Waals surface area contributed by atoms with Gasteiger partial charge in [0.1, 0.15) is 11.5 Å². The van der Waals surface area contributed by atoms with Gasteiger partial charge in [-0.1, -0.05) is 0 Å². The number of ketones is 1. The van der Waals surface area contributed by atoms with Crippen molar-refractivity contribution in [2.24, 2.45) is 5.92 Å². The summed E-state index contributed by atoms with van der Waals surface area (Å²) in [5, 5.41) is 9.47. The first-order valence-electron chi connectivity index (χ1n) is 4.70. The molecule has 1 heterocycles. The van der Waals surface area contributed by atoms with E-state index in [1.165, 1.54) is 7.11 Å². The number of aliphatic hydroxyl groups excluding tert-OH is 1. The molecule has 4 heteroatoms. The maximum atomic E-state index is 11.7. The highest BCUT2D eigenvalue weighted by atomic mass is 16.6.